The van der Waals surface area contributed by atoms with Crippen molar-refractivity contribution in [1.82, 2.24) is 15.1 Å². The van der Waals surface area contributed by atoms with Gasteiger partial charge in [0.25, 0.3) is 0 Å². The maximum Gasteiger partial charge on any atom is 0.239 e. The summed E-state index contributed by atoms with van der Waals surface area (Å²) in [5.41, 5.74) is 6.73. The molecule has 0 spiro atoms. The Morgan fingerprint density at radius 2 is 2.56 bits per heavy atom. The van der Waals surface area contributed by atoms with Crippen LogP contribution in [-0.2, 0) is 4.79 Å². The Hall–Kier alpha value is -1.36. The topological polar surface area (TPSA) is 75.0 Å². The monoisotopic (exact) mass is 222 g/mol. The van der Waals surface area contributed by atoms with Crippen molar-refractivity contribution in [3.05, 3.63) is 18.0 Å². The highest BCUT2D eigenvalue weighted by molar-refractivity contribution is 5.81. The Kier molecular flexibility index (Phi) is 3.24. The molecule has 2 heterocycles. The molecule has 1 aromatic heterocycles. The van der Waals surface area contributed by atoms with Gasteiger partial charge in [-0.05, 0) is 25.8 Å². The number of H-pyrrole nitrogens is 1. The van der Waals surface area contributed by atoms with Gasteiger partial charge >= 0.3 is 0 Å². The smallest absolute Gasteiger partial charge is 0.239 e. The predicted molar refractivity (Wildman–Crippen MR) is 60.8 cm³/mol. The number of amides is 1. The Morgan fingerprint density at radius 3 is 3.19 bits per heavy atom. The van der Waals surface area contributed by atoms with Gasteiger partial charge in [0.05, 0.1) is 6.04 Å². The molecule has 1 saturated heterocycles. The van der Waals surface area contributed by atoms with Crippen LogP contribution in [0.3, 0.4) is 0 Å². The first-order valence-electron chi connectivity index (χ1n) is 5.72. The Labute approximate surface area is 95.0 Å². The number of hydrogen-bond donors (Lipinski definition) is 2. The lowest BCUT2D eigenvalue weighted by Crippen LogP contribution is -2.46. The second-order valence-corrected chi connectivity index (χ2v) is 4.42. The van der Waals surface area contributed by atoms with Crippen LogP contribution in [0.25, 0.3) is 0 Å². The maximum atomic E-state index is 11.8. The van der Waals surface area contributed by atoms with Crippen molar-refractivity contribution in [2.75, 3.05) is 13.1 Å². The van der Waals surface area contributed by atoms with Crippen LogP contribution in [0.15, 0.2) is 12.3 Å². The minimum Gasteiger partial charge on any atom is -0.341 e. The summed E-state index contributed by atoms with van der Waals surface area (Å²) in [6, 6.07) is 1.57. The standard InChI is InChI=1S/C11H18N4O/c1-8(12)11(16)15-6-2-3-9(7-15)10-4-5-13-14-10/h4-5,8-9H,2-3,6-7,12H2,1H3,(H,13,14). The Bertz CT molecular complexity index is 347. The largest absolute Gasteiger partial charge is 0.341 e. The molecule has 1 amide bonds. The predicted octanol–water partition coefficient (Wildman–Crippen LogP) is 0.463. The van der Waals surface area contributed by atoms with E-state index in [9.17, 15) is 4.79 Å². The molecule has 1 fully saturated rings. The summed E-state index contributed by atoms with van der Waals surface area (Å²) in [5.74, 6) is 0.420. The number of aromatic amines is 1. The summed E-state index contributed by atoms with van der Waals surface area (Å²) in [7, 11) is 0. The molecule has 1 aliphatic rings. The molecule has 5 heteroatoms. The first-order valence-corrected chi connectivity index (χ1v) is 5.72. The van der Waals surface area contributed by atoms with Crippen LogP contribution in [0.1, 0.15) is 31.4 Å². The van der Waals surface area contributed by atoms with Crippen LogP contribution in [0.5, 0.6) is 0 Å². The molecule has 1 aromatic rings. The molecule has 2 rings (SSSR count). The number of aromatic nitrogens is 2. The molecule has 2 atom stereocenters. The molecule has 88 valence electrons. The van der Waals surface area contributed by atoms with Gasteiger partial charge in [-0.1, -0.05) is 0 Å². The lowest BCUT2D eigenvalue weighted by atomic mass is 9.94. The molecule has 3 N–H and O–H groups in total. The third-order valence-electron chi connectivity index (χ3n) is 3.08. The maximum absolute atomic E-state index is 11.8. The van der Waals surface area contributed by atoms with Crippen molar-refractivity contribution < 1.29 is 4.79 Å². The molecule has 2 unspecified atom stereocenters. The van der Waals surface area contributed by atoms with Gasteiger partial charge in [0.15, 0.2) is 0 Å². The van der Waals surface area contributed by atoms with Gasteiger partial charge in [0.1, 0.15) is 0 Å². The van der Waals surface area contributed by atoms with E-state index in [-0.39, 0.29) is 5.91 Å². The molecule has 16 heavy (non-hydrogen) atoms. The number of hydrogen-bond acceptors (Lipinski definition) is 3. The summed E-state index contributed by atoms with van der Waals surface area (Å²) in [5, 5.41) is 6.93. The average Bonchev–Trinajstić information content (AvgIpc) is 2.81. The summed E-state index contributed by atoms with van der Waals surface area (Å²) in [4.78, 5) is 13.6. The van der Waals surface area contributed by atoms with Crippen LogP contribution >= 0.6 is 0 Å². The second kappa shape index (κ2) is 4.65. The van der Waals surface area contributed by atoms with Gasteiger partial charge in [-0.25, -0.2) is 0 Å². The fraction of sp³-hybridized carbons (Fsp3) is 0.636. The van der Waals surface area contributed by atoms with E-state index in [0.717, 1.165) is 31.6 Å². The summed E-state index contributed by atoms with van der Waals surface area (Å²) < 4.78 is 0. The number of nitrogens with one attached hydrogen (secondary N) is 1. The highest BCUT2D eigenvalue weighted by Crippen LogP contribution is 2.25. The summed E-state index contributed by atoms with van der Waals surface area (Å²) >= 11 is 0. The molecular formula is C11H18N4O. The van der Waals surface area contributed by atoms with E-state index in [4.69, 9.17) is 5.73 Å². The van der Waals surface area contributed by atoms with Crippen LogP contribution in [0, 0.1) is 0 Å². The van der Waals surface area contributed by atoms with E-state index >= 15 is 0 Å². The van der Waals surface area contributed by atoms with Crippen molar-refractivity contribution in [3.8, 4) is 0 Å². The zero-order valence-corrected chi connectivity index (χ0v) is 9.52. The van der Waals surface area contributed by atoms with Gasteiger partial charge in [0, 0.05) is 30.9 Å². The minimum absolute atomic E-state index is 0.0456. The number of carbonyl (C=O) groups excluding carboxylic acids is 1. The van der Waals surface area contributed by atoms with E-state index in [2.05, 4.69) is 10.2 Å². The van der Waals surface area contributed by atoms with E-state index < -0.39 is 6.04 Å². The van der Waals surface area contributed by atoms with E-state index in [1.807, 2.05) is 11.0 Å². The number of rotatable bonds is 2. The summed E-state index contributed by atoms with van der Waals surface area (Å²) in [6.07, 6.45) is 3.88. The average molecular weight is 222 g/mol. The van der Waals surface area contributed by atoms with Gasteiger partial charge in [0.2, 0.25) is 5.91 Å². The second-order valence-electron chi connectivity index (χ2n) is 4.42. The van der Waals surface area contributed by atoms with E-state index in [1.54, 1.807) is 13.1 Å². The first-order chi connectivity index (χ1) is 7.68. The third kappa shape index (κ3) is 2.24. The quantitative estimate of drug-likeness (QED) is 0.763. The molecule has 0 aromatic carbocycles. The fourth-order valence-electron chi connectivity index (χ4n) is 2.21. The molecule has 5 nitrogen and oxygen atoms in total. The number of nitrogens with zero attached hydrogens (tertiary/aromatic N) is 2. The van der Waals surface area contributed by atoms with Crippen molar-refractivity contribution in [1.29, 1.82) is 0 Å². The summed E-state index contributed by atoms with van der Waals surface area (Å²) in [6.45, 7) is 3.32. The van der Waals surface area contributed by atoms with Crippen molar-refractivity contribution in [2.24, 2.45) is 5.73 Å². The molecule has 0 bridgehead atoms. The van der Waals surface area contributed by atoms with Crippen LogP contribution in [0.4, 0.5) is 0 Å². The molecule has 0 radical (unpaired) electrons. The number of carbonyl (C=O) groups is 1. The Morgan fingerprint density at radius 1 is 1.75 bits per heavy atom. The fourth-order valence-corrected chi connectivity index (χ4v) is 2.21. The third-order valence-corrected chi connectivity index (χ3v) is 3.08. The number of piperidine rings is 1. The molecule has 0 saturated carbocycles. The first kappa shape index (κ1) is 11.1. The highest BCUT2D eigenvalue weighted by Gasteiger charge is 2.26. The molecule has 1 aliphatic heterocycles. The van der Waals surface area contributed by atoms with Crippen molar-refractivity contribution in [2.45, 2.75) is 31.7 Å². The van der Waals surface area contributed by atoms with Crippen molar-refractivity contribution in [3.63, 3.8) is 0 Å². The normalized spacial score (nSPS) is 23.1. The van der Waals surface area contributed by atoms with Crippen molar-refractivity contribution >= 4 is 5.91 Å². The van der Waals surface area contributed by atoms with Crippen LogP contribution in [0.2, 0.25) is 0 Å². The van der Waals surface area contributed by atoms with E-state index in [0.29, 0.717) is 5.92 Å². The lowest BCUT2D eigenvalue weighted by molar-refractivity contribution is -0.133. The zero-order chi connectivity index (χ0) is 11.5. The minimum atomic E-state index is -0.402. The van der Waals surface area contributed by atoms with Crippen LogP contribution < -0.4 is 5.73 Å². The SMILES string of the molecule is CC(N)C(=O)N1CCCC(c2ccn[nH]2)C1. The van der Waals surface area contributed by atoms with Gasteiger partial charge in [-0.15, -0.1) is 0 Å². The highest BCUT2D eigenvalue weighted by atomic mass is 16.2. The van der Waals surface area contributed by atoms with Crippen LogP contribution in [-0.4, -0.2) is 40.1 Å². The van der Waals surface area contributed by atoms with Gasteiger partial charge in [-0.3, -0.25) is 9.89 Å². The number of nitrogens with two attached hydrogens (primary N) is 1. The lowest BCUT2D eigenvalue weighted by Gasteiger charge is -2.33. The molecule has 0 aliphatic carbocycles. The van der Waals surface area contributed by atoms with Gasteiger partial charge < -0.3 is 10.6 Å². The van der Waals surface area contributed by atoms with E-state index in [1.165, 1.54) is 0 Å². The zero-order valence-electron chi connectivity index (χ0n) is 9.52. The Balaban J connectivity index is 2.02. The van der Waals surface area contributed by atoms with Gasteiger partial charge in [-0.2, -0.15) is 5.10 Å². The molecular weight excluding hydrogens is 204 g/mol. The number of likely N-dealkylation sites (tertiary alicyclic amines) is 1.